The van der Waals surface area contributed by atoms with Gasteiger partial charge in [0.05, 0.1) is 15.8 Å². The van der Waals surface area contributed by atoms with Crippen molar-refractivity contribution < 1.29 is 9.59 Å². The van der Waals surface area contributed by atoms with Crippen LogP contribution in [0.5, 0.6) is 0 Å². The van der Waals surface area contributed by atoms with Gasteiger partial charge in [0, 0.05) is 13.1 Å². The fourth-order valence-corrected chi connectivity index (χ4v) is 4.26. The van der Waals surface area contributed by atoms with Gasteiger partial charge in [0.2, 0.25) is 11.8 Å². The zero-order valence-electron chi connectivity index (χ0n) is 11.9. The largest absolute Gasteiger partial charge is 0.341 e. The Morgan fingerprint density at radius 1 is 1.23 bits per heavy atom. The zero-order chi connectivity index (χ0) is 15.7. The third-order valence-electron chi connectivity index (χ3n) is 3.96. The van der Waals surface area contributed by atoms with E-state index in [0.29, 0.717) is 15.8 Å². The highest BCUT2D eigenvalue weighted by Gasteiger charge is 2.35. The van der Waals surface area contributed by atoms with Crippen LogP contribution in [0.2, 0.25) is 10.0 Å². The Bertz CT molecular complexity index is 605. The molecule has 2 fully saturated rings. The van der Waals surface area contributed by atoms with E-state index < -0.39 is 0 Å². The van der Waals surface area contributed by atoms with Gasteiger partial charge in [-0.05, 0) is 30.5 Å². The number of rotatable bonds is 3. The molecule has 0 N–H and O–H groups in total. The quantitative estimate of drug-likeness (QED) is 0.832. The molecular formula is C15H16Cl2N2O2S. The Balaban J connectivity index is 1.76. The summed E-state index contributed by atoms with van der Waals surface area (Å²) in [5.74, 6) is 0.407. The van der Waals surface area contributed by atoms with Gasteiger partial charge in [-0.1, -0.05) is 29.3 Å². The lowest BCUT2D eigenvalue weighted by atomic mass is 10.2. The molecule has 2 aliphatic rings. The maximum absolute atomic E-state index is 12.3. The van der Waals surface area contributed by atoms with E-state index in [2.05, 4.69) is 0 Å². The van der Waals surface area contributed by atoms with Crippen molar-refractivity contribution in [3.63, 3.8) is 0 Å². The number of hydrogen-bond donors (Lipinski definition) is 0. The highest BCUT2D eigenvalue weighted by atomic mass is 35.5. The molecule has 2 aliphatic heterocycles. The molecule has 2 saturated heterocycles. The number of halogens is 2. The van der Waals surface area contributed by atoms with Crippen molar-refractivity contribution in [3.05, 3.63) is 33.8 Å². The van der Waals surface area contributed by atoms with Gasteiger partial charge in [-0.15, -0.1) is 11.8 Å². The average Bonchev–Trinajstić information content (AvgIpc) is 3.13. The monoisotopic (exact) mass is 358 g/mol. The third-order valence-corrected chi connectivity index (χ3v) is 5.96. The number of benzene rings is 1. The molecule has 118 valence electrons. The number of thioether (sulfide) groups is 1. The van der Waals surface area contributed by atoms with E-state index in [9.17, 15) is 9.59 Å². The second-order valence-corrected chi connectivity index (χ2v) is 7.33. The predicted octanol–water partition coefficient (Wildman–Crippen LogP) is 3.19. The van der Waals surface area contributed by atoms with Gasteiger partial charge in [-0.25, -0.2) is 0 Å². The first kappa shape index (κ1) is 16.0. The lowest BCUT2D eigenvalue weighted by Crippen LogP contribution is -2.40. The van der Waals surface area contributed by atoms with Crippen LogP contribution in [-0.2, 0) is 9.59 Å². The minimum atomic E-state index is -0.172. The topological polar surface area (TPSA) is 40.6 Å². The van der Waals surface area contributed by atoms with Gasteiger partial charge < -0.3 is 9.80 Å². The van der Waals surface area contributed by atoms with E-state index >= 15 is 0 Å². The van der Waals surface area contributed by atoms with Gasteiger partial charge in [0.1, 0.15) is 11.9 Å². The van der Waals surface area contributed by atoms with Crippen LogP contribution in [0.4, 0.5) is 0 Å². The Labute approximate surface area is 143 Å². The Kier molecular flexibility index (Phi) is 4.85. The van der Waals surface area contributed by atoms with E-state index in [1.807, 2.05) is 11.0 Å². The molecule has 0 unspecified atom stereocenters. The number of carbonyl (C=O) groups excluding carboxylic acids is 2. The van der Waals surface area contributed by atoms with Crippen molar-refractivity contribution in [2.75, 3.05) is 25.4 Å². The first-order valence-corrected chi connectivity index (χ1v) is 9.00. The molecular weight excluding hydrogens is 343 g/mol. The molecule has 7 heteroatoms. The summed E-state index contributed by atoms with van der Waals surface area (Å²) in [6.45, 7) is 1.73. The molecule has 2 amide bonds. The van der Waals surface area contributed by atoms with Crippen LogP contribution in [0, 0.1) is 0 Å². The lowest BCUT2D eigenvalue weighted by molar-refractivity contribution is -0.138. The molecule has 0 aromatic heterocycles. The highest BCUT2D eigenvalue weighted by molar-refractivity contribution is 8.00. The molecule has 0 saturated carbocycles. The standard InChI is InChI=1S/C15H16Cl2N2O2S/c16-11-4-3-10(7-12(11)17)15-19(14(21)9-22-15)8-13(20)18-5-1-2-6-18/h3-4,7,15H,1-2,5-6,8-9H2/t15-/m0/s1. The van der Waals surface area contributed by atoms with Gasteiger partial charge in [0.25, 0.3) is 0 Å². The molecule has 22 heavy (non-hydrogen) atoms. The van der Waals surface area contributed by atoms with E-state index in [4.69, 9.17) is 23.2 Å². The van der Waals surface area contributed by atoms with Crippen LogP contribution in [-0.4, -0.2) is 47.0 Å². The van der Waals surface area contributed by atoms with Crippen molar-refractivity contribution in [3.8, 4) is 0 Å². The van der Waals surface area contributed by atoms with Gasteiger partial charge in [-0.3, -0.25) is 9.59 Å². The number of amides is 2. The van der Waals surface area contributed by atoms with Crippen LogP contribution in [0.3, 0.4) is 0 Å². The van der Waals surface area contributed by atoms with Crippen LogP contribution < -0.4 is 0 Å². The molecule has 0 spiro atoms. The van der Waals surface area contributed by atoms with Crippen LogP contribution >= 0.6 is 35.0 Å². The maximum atomic E-state index is 12.3. The number of nitrogens with zero attached hydrogens (tertiary/aromatic N) is 2. The van der Waals surface area contributed by atoms with Crippen molar-refractivity contribution in [2.24, 2.45) is 0 Å². The molecule has 4 nitrogen and oxygen atoms in total. The van der Waals surface area contributed by atoms with Gasteiger partial charge in [-0.2, -0.15) is 0 Å². The van der Waals surface area contributed by atoms with Crippen LogP contribution in [0.15, 0.2) is 18.2 Å². The SMILES string of the molecule is O=C(CN1C(=O)CS[C@H]1c1ccc(Cl)c(Cl)c1)N1CCCC1. The van der Waals surface area contributed by atoms with E-state index in [0.717, 1.165) is 31.5 Å². The molecule has 1 aromatic rings. The van der Waals surface area contributed by atoms with Crippen LogP contribution in [0.25, 0.3) is 0 Å². The summed E-state index contributed by atoms with van der Waals surface area (Å²) in [6, 6.07) is 5.36. The highest BCUT2D eigenvalue weighted by Crippen LogP contribution is 2.40. The average molecular weight is 359 g/mol. The smallest absolute Gasteiger partial charge is 0.242 e. The Morgan fingerprint density at radius 3 is 2.64 bits per heavy atom. The normalized spacial score (nSPS) is 21.7. The second kappa shape index (κ2) is 6.69. The molecule has 3 rings (SSSR count). The van der Waals surface area contributed by atoms with Crippen LogP contribution in [0.1, 0.15) is 23.8 Å². The minimum Gasteiger partial charge on any atom is -0.341 e. The Morgan fingerprint density at radius 2 is 1.95 bits per heavy atom. The zero-order valence-corrected chi connectivity index (χ0v) is 14.3. The second-order valence-electron chi connectivity index (χ2n) is 5.45. The molecule has 1 atom stereocenters. The number of hydrogen-bond acceptors (Lipinski definition) is 3. The first-order chi connectivity index (χ1) is 10.6. The van der Waals surface area contributed by atoms with E-state index in [1.165, 1.54) is 11.8 Å². The summed E-state index contributed by atoms with van der Waals surface area (Å²) in [6.07, 6.45) is 2.09. The van der Waals surface area contributed by atoms with Crippen molar-refractivity contribution in [2.45, 2.75) is 18.2 Å². The first-order valence-electron chi connectivity index (χ1n) is 7.20. The minimum absolute atomic E-state index is 0.00591. The van der Waals surface area contributed by atoms with E-state index in [-0.39, 0.29) is 23.7 Å². The number of carbonyl (C=O) groups is 2. The molecule has 0 bridgehead atoms. The van der Waals surface area contributed by atoms with Crippen molar-refractivity contribution in [1.82, 2.24) is 9.80 Å². The molecule has 0 radical (unpaired) electrons. The third kappa shape index (κ3) is 3.21. The lowest BCUT2D eigenvalue weighted by Gasteiger charge is -2.26. The maximum Gasteiger partial charge on any atom is 0.242 e. The summed E-state index contributed by atoms with van der Waals surface area (Å²) < 4.78 is 0. The molecule has 0 aliphatic carbocycles. The summed E-state index contributed by atoms with van der Waals surface area (Å²) >= 11 is 13.5. The fraction of sp³-hybridized carbons (Fsp3) is 0.467. The van der Waals surface area contributed by atoms with Crippen molar-refractivity contribution in [1.29, 1.82) is 0 Å². The van der Waals surface area contributed by atoms with E-state index in [1.54, 1.807) is 17.0 Å². The molecule has 2 heterocycles. The Hall–Kier alpha value is -0.910. The molecule has 1 aromatic carbocycles. The summed E-state index contributed by atoms with van der Waals surface area (Å²) in [5, 5.41) is 0.776. The summed E-state index contributed by atoms with van der Waals surface area (Å²) in [7, 11) is 0. The van der Waals surface area contributed by atoms with Crippen molar-refractivity contribution >= 4 is 46.8 Å². The van der Waals surface area contributed by atoms with Gasteiger partial charge >= 0.3 is 0 Å². The van der Waals surface area contributed by atoms with Gasteiger partial charge in [0.15, 0.2) is 0 Å². The summed E-state index contributed by atoms with van der Waals surface area (Å²) in [5.41, 5.74) is 0.902. The summed E-state index contributed by atoms with van der Waals surface area (Å²) in [4.78, 5) is 27.9. The fourth-order valence-electron chi connectivity index (χ4n) is 2.78. The number of likely N-dealkylation sites (tertiary alicyclic amines) is 1. The predicted molar refractivity (Wildman–Crippen MR) is 89.2 cm³/mol.